The van der Waals surface area contributed by atoms with E-state index in [9.17, 15) is 0 Å². The molecule has 0 radical (unpaired) electrons. The first kappa shape index (κ1) is 16.3. The second kappa shape index (κ2) is 7.80. The molecule has 0 atom stereocenters. The third kappa shape index (κ3) is 3.77. The van der Waals surface area contributed by atoms with Crippen LogP contribution in [-0.2, 0) is 18.3 Å². The molecule has 5 nitrogen and oxygen atoms in total. The quantitative estimate of drug-likeness (QED) is 0.747. The Labute approximate surface area is 128 Å². The van der Waals surface area contributed by atoms with Crippen LogP contribution < -0.4 is 10.2 Å². The summed E-state index contributed by atoms with van der Waals surface area (Å²) in [5.74, 6) is 1.30. The summed E-state index contributed by atoms with van der Waals surface area (Å²) in [6, 6.07) is 0.683. The van der Waals surface area contributed by atoms with Crippen molar-refractivity contribution in [2.45, 2.75) is 52.1 Å². The van der Waals surface area contributed by atoms with Gasteiger partial charge in [-0.05, 0) is 26.7 Å². The van der Waals surface area contributed by atoms with Gasteiger partial charge in [0, 0.05) is 45.4 Å². The molecular weight excluding hydrogens is 264 g/mol. The standard InChI is InChI=1S/C16H30N4O/c1-5-20(14-8-6-7-9-14)16-15(12-17-10-11-21-4)13(2)18-19(16)3/h14,17H,5-12H2,1-4H3. The number of nitrogens with zero attached hydrogens (tertiary/aromatic N) is 3. The van der Waals surface area contributed by atoms with Crippen LogP contribution in [0.3, 0.4) is 0 Å². The maximum Gasteiger partial charge on any atom is 0.131 e. The summed E-state index contributed by atoms with van der Waals surface area (Å²) < 4.78 is 7.16. The molecule has 1 heterocycles. The highest BCUT2D eigenvalue weighted by atomic mass is 16.5. The van der Waals surface area contributed by atoms with E-state index in [1.807, 2.05) is 0 Å². The smallest absolute Gasteiger partial charge is 0.131 e. The number of ether oxygens (including phenoxy) is 1. The summed E-state index contributed by atoms with van der Waals surface area (Å²) >= 11 is 0. The minimum Gasteiger partial charge on any atom is -0.383 e. The Kier molecular flexibility index (Phi) is 6.06. The normalized spacial score (nSPS) is 15.8. The van der Waals surface area contributed by atoms with Crippen molar-refractivity contribution in [2.24, 2.45) is 7.05 Å². The molecule has 1 aromatic rings. The molecule has 1 N–H and O–H groups in total. The van der Waals surface area contributed by atoms with Gasteiger partial charge in [0.15, 0.2) is 0 Å². The fraction of sp³-hybridized carbons (Fsp3) is 0.812. The van der Waals surface area contributed by atoms with Gasteiger partial charge in [-0.2, -0.15) is 5.10 Å². The number of aryl methyl sites for hydroxylation is 2. The SMILES string of the molecule is CCN(c1c(CNCCOC)c(C)nn1C)C1CCCC1. The van der Waals surface area contributed by atoms with Crippen molar-refractivity contribution < 1.29 is 4.74 Å². The van der Waals surface area contributed by atoms with Crippen LogP contribution in [0.5, 0.6) is 0 Å². The molecule has 0 unspecified atom stereocenters. The Hall–Kier alpha value is -1.07. The lowest BCUT2D eigenvalue weighted by Crippen LogP contribution is -2.35. The van der Waals surface area contributed by atoms with Crippen molar-refractivity contribution in [3.63, 3.8) is 0 Å². The zero-order valence-corrected chi connectivity index (χ0v) is 14.0. The molecule has 120 valence electrons. The molecule has 0 saturated heterocycles. The minimum absolute atomic E-state index is 0.683. The van der Waals surface area contributed by atoms with Crippen molar-refractivity contribution in [1.82, 2.24) is 15.1 Å². The lowest BCUT2D eigenvalue weighted by molar-refractivity contribution is 0.199. The van der Waals surface area contributed by atoms with Crippen molar-refractivity contribution >= 4 is 5.82 Å². The largest absolute Gasteiger partial charge is 0.383 e. The number of methoxy groups -OCH3 is 1. The van der Waals surface area contributed by atoms with E-state index >= 15 is 0 Å². The molecule has 0 aromatic carbocycles. The zero-order chi connectivity index (χ0) is 15.2. The van der Waals surface area contributed by atoms with Gasteiger partial charge >= 0.3 is 0 Å². The van der Waals surface area contributed by atoms with Gasteiger partial charge in [-0.25, -0.2) is 0 Å². The highest BCUT2D eigenvalue weighted by Crippen LogP contribution is 2.31. The number of hydrogen-bond acceptors (Lipinski definition) is 4. The Morgan fingerprint density at radius 3 is 2.71 bits per heavy atom. The first-order valence-electron chi connectivity index (χ1n) is 8.17. The zero-order valence-electron chi connectivity index (χ0n) is 14.0. The van der Waals surface area contributed by atoms with E-state index in [4.69, 9.17) is 4.74 Å². The first-order valence-corrected chi connectivity index (χ1v) is 8.17. The van der Waals surface area contributed by atoms with E-state index in [1.54, 1.807) is 7.11 Å². The third-order valence-corrected chi connectivity index (χ3v) is 4.48. The molecule has 1 aromatic heterocycles. The van der Waals surface area contributed by atoms with Crippen molar-refractivity contribution in [2.75, 3.05) is 31.7 Å². The second-order valence-corrected chi connectivity index (χ2v) is 5.91. The average Bonchev–Trinajstić information content (AvgIpc) is 3.07. The lowest BCUT2D eigenvalue weighted by atomic mass is 10.1. The number of aromatic nitrogens is 2. The lowest BCUT2D eigenvalue weighted by Gasteiger charge is -2.30. The molecule has 2 rings (SSSR count). The first-order chi connectivity index (χ1) is 10.2. The van der Waals surface area contributed by atoms with Gasteiger partial charge in [-0.1, -0.05) is 12.8 Å². The summed E-state index contributed by atoms with van der Waals surface area (Å²) in [6.45, 7) is 7.90. The van der Waals surface area contributed by atoms with Crippen LogP contribution in [0, 0.1) is 6.92 Å². The fourth-order valence-electron chi connectivity index (χ4n) is 3.44. The summed E-state index contributed by atoms with van der Waals surface area (Å²) in [5.41, 5.74) is 2.47. The maximum atomic E-state index is 5.10. The van der Waals surface area contributed by atoms with Crippen LogP contribution in [-0.4, -0.2) is 42.6 Å². The molecule has 5 heteroatoms. The summed E-state index contributed by atoms with van der Waals surface area (Å²) in [4.78, 5) is 2.56. The van der Waals surface area contributed by atoms with E-state index in [0.29, 0.717) is 6.04 Å². The summed E-state index contributed by atoms with van der Waals surface area (Å²) in [6.07, 6.45) is 5.35. The third-order valence-electron chi connectivity index (χ3n) is 4.48. The minimum atomic E-state index is 0.683. The van der Waals surface area contributed by atoms with Gasteiger partial charge in [-0.3, -0.25) is 4.68 Å². The highest BCUT2D eigenvalue weighted by Gasteiger charge is 2.26. The van der Waals surface area contributed by atoms with Gasteiger partial charge in [0.1, 0.15) is 5.82 Å². The van der Waals surface area contributed by atoms with Crippen LogP contribution in [0.1, 0.15) is 43.9 Å². The van der Waals surface area contributed by atoms with Gasteiger partial charge in [0.25, 0.3) is 0 Å². The fourth-order valence-corrected chi connectivity index (χ4v) is 3.44. The highest BCUT2D eigenvalue weighted by molar-refractivity contribution is 5.51. The van der Waals surface area contributed by atoms with Gasteiger partial charge in [-0.15, -0.1) is 0 Å². The molecule has 0 aliphatic heterocycles. The van der Waals surface area contributed by atoms with E-state index in [1.165, 1.54) is 37.1 Å². The molecule has 0 spiro atoms. The summed E-state index contributed by atoms with van der Waals surface area (Å²) in [7, 11) is 3.81. The van der Waals surface area contributed by atoms with Gasteiger partial charge in [0.2, 0.25) is 0 Å². The number of rotatable bonds is 8. The van der Waals surface area contributed by atoms with Crippen LogP contribution in [0.15, 0.2) is 0 Å². The second-order valence-electron chi connectivity index (χ2n) is 5.91. The summed E-state index contributed by atoms with van der Waals surface area (Å²) in [5, 5.41) is 8.12. The van der Waals surface area contributed by atoms with E-state index in [2.05, 4.69) is 40.9 Å². The van der Waals surface area contributed by atoms with E-state index in [0.717, 1.165) is 31.9 Å². The predicted molar refractivity (Wildman–Crippen MR) is 86.8 cm³/mol. The number of anilines is 1. The molecule has 0 bridgehead atoms. The maximum absolute atomic E-state index is 5.10. The molecule has 21 heavy (non-hydrogen) atoms. The Morgan fingerprint density at radius 2 is 2.10 bits per heavy atom. The van der Waals surface area contributed by atoms with Crippen molar-refractivity contribution in [1.29, 1.82) is 0 Å². The van der Waals surface area contributed by atoms with Crippen LogP contribution >= 0.6 is 0 Å². The van der Waals surface area contributed by atoms with Crippen molar-refractivity contribution in [3.05, 3.63) is 11.3 Å². The Bertz CT molecular complexity index is 438. The molecule has 1 aliphatic rings. The van der Waals surface area contributed by atoms with Crippen LogP contribution in [0.25, 0.3) is 0 Å². The van der Waals surface area contributed by atoms with E-state index < -0.39 is 0 Å². The topological polar surface area (TPSA) is 42.3 Å². The van der Waals surface area contributed by atoms with Gasteiger partial charge < -0.3 is 15.0 Å². The molecule has 1 aliphatic carbocycles. The molecule has 1 saturated carbocycles. The van der Waals surface area contributed by atoms with Crippen LogP contribution in [0.2, 0.25) is 0 Å². The Balaban J connectivity index is 2.15. The van der Waals surface area contributed by atoms with Crippen LogP contribution in [0.4, 0.5) is 5.82 Å². The number of nitrogens with one attached hydrogen (secondary N) is 1. The van der Waals surface area contributed by atoms with Gasteiger partial charge in [0.05, 0.1) is 12.3 Å². The Morgan fingerprint density at radius 1 is 1.38 bits per heavy atom. The molecular formula is C16H30N4O. The van der Waals surface area contributed by atoms with Crippen molar-refractivity contribution in [3.8, 4) is 0 Å². The van der Waals surface area contributed by atoms with E-state index in [-0.39, 0.29) is 0 Å². The monoisotopic (exact) mass is 294 g/mol. The number of hydrogen-bond donors (Lipinski definition) is 1. The predicted octanol–water partition coefficient (Wildman–Crippen LogP) is 2.23. The molecule has 0 amide bonds. The molecule has 1 fully saturated rings. The average molecular weight is 294 g/mol.